The van der Waals surface area contributed by atoms with Crippen LogP contribution in [-0.2, 0) is 17.6 Å². The number of hydrogen-bond donors (Lipinski definition) is 1. The first-order valence-electron chi connectivity index (χ1n) is 5.60. The molecule has 0 radical (unpaired) electrons. The highest BCUT2D eigenvalue weighted by atomic mass is 16.5. The second-order valence-corrected chi connectivity index (χ2v) is 3.37. The molecular formula is C12H19NO2. The first-order chi connectivity index (χ1) is 7.33. The number of aromatic amines is 1. The third kappa shape index (κ3) is 2.41. The van der Waals surface area contributed by atoms with E-state index < -0.39 is 0 Å². The number of H-pyrrole nitrogens is 1. The van der Waals surface area contributed by atoms with Crippen molar-refractivity contribution in [2.75, 3.05) is 7.11 Å². The lowest BCUT2D eigenvalue weighted by Gasteiger charge is -2.11. The fourth-order valence-corrected chi connectivity index (χ4v) is 1.90. The number of carbonyl (C=O) groups is 1. The van der Waals surface area contributed by atoms with Gasteiger partial charge < -0.3 is 9.72 Å². The van der Waals surface area contributed by atoms with Crippen LogP contribution in [0.2, 0.25) is 0 Å². The van der Waals surface area contributed by atoms with E-state index in [9.17, 15) is 4.79 Å². The molecule has 1 N–H and O–H groups in total. The summed E-state index contributed by atoms with van der Waals surface area (Å²) >= 11 is 0. The molecule has 2 rings (SSSR count). The van der Waals surface area contributed by atoms with Crippen LogP contribution in [0.15, 0.2) is 6.20 Å². The molecule has 3 heteroatoms. The van der Waals surface area contributed by atoms with Crippen LogP contribution in [0.5, 0.6) is 0 Å². The standard InChI is InChI=1S/C10H13NO2.C2H6/c1-13-10(12)9-8-5-3-2-4-7(8)6-11-9;1-2/h6,11H,2-5H2,1H3;1-2H3. The zero-order chi connectivity index (χ0) is 11.3. The Hall–Kier alpha value is -1.25. The zero-order valence-corrected chi connectivity index (χ0v) is 9.72. The van der Waals surface area contributed by atoms with Gasteiger partial charge in [-0.2, -0.15) is 0 Å². The quantitative estimate of drug-likeness (QED) is 0.722. The molecule has 0 saturated heterocycles. The molecule has 0 spiro atoms. The van der Waals surface area contributed by atoms with Gasteiger partial charge in [-0.15, -0.1) is 0 Å². The molecule has 0 unspecified atom stereocenters. The van der Waals surface area contributed by atoms with Crippen molar-refractivity contribution in [1.82, 2.24) is 4.98 Å². The summed E-state index contributed by atoms with van der Waals surface area (Å²) in [7, 11) is 1.42. The maximum absolute atomic E-state index is 11.3. The highest BCUT2D eigenvalue weighted by Crippen LogP contribution is 2.24. The third-order valence-corrected chi connectivity index (χ3v) is 2.59. The van der Waals surface area contributed by atoms with Crippen molar-refractivity contribution in [1.29, 1.82) is 0 Å². The smallest absolute Gasteiger partial charge is 0.354 e. The van der Waals surface area contributed by atoms with Gasteiger partial charge in [-0.05, 0) is 36.8 Å². The second kappa shape index (κ2) is 5.59. The largest absolute Gasteiger partial charge is 0.464 e. The number of rotatable bonds is 1. The maximum Gasteiger partial charge on any atom is 0.354 e. The average Bonchev–Trinajstić information content (AvgIpc) is 2.74. The predicted molar refractivity (Wildman–Crippen MR) is 60.1 cm³/mol. The van der Waals surface area contributed by atoms with Crippen molar-refractivity contribution in [3.05, 3.63) is 23.0 Å². The third-order valence-electron chi connectivity index (χ3n) is 2.59. The lowest BCUT2D eigenvalue weighted by Crippen LogP contribution is -2.08. The number of fused-ring (bicyclic) bond motifs is 1. The minimum Gasteiger partial charge on any atom is -0.464 e. The number of carbonyl (C=O) groups excluding carboxylic acids is 1. The molecule has 84 valence electrons. The number of nitrogens with one attached hydrogen (secondary N) is 1. The minimum atomic E-state index is -0.247. The SMILES string of the molecule is CC.COC(=O)c1[nH]cc2c1CCCC2. The van der Waals surface area contributed by atoms with Crippen LogP contribution < -0.4 is 0 Å². The number of aromatic nitrogens is 1. The summed E-state index contributed by atoms with van der Waals surface area (Å²) in [5.74, 6) is -0.247. The molecule has 3 nitrogen and oxygen atoms in total. The van der Waals surface area contributed by atoms with E-state index in [1.165, 1.54) is 25.5 Å². The molecule has 1 aromatic rings. The number of aryl methyl sites for hydroxylation is 1. The van der Waals surface area contributed by atoms with Gasteiger partial charge in [0.2, 0.25) is 0 Å². The summed E-state index contributed by atoms with van der Waals surface area (Å²) < 4.78 is 4.69. The van der Waals surface area contributed by atoms with Crippen molar-refractivity contribution >= 4 is 5.97 Å². The van der Waals surface area contributed by atoms with E-state index in [-0.39, 0.29) is 5.97 Å². The number of esters is 1. The minimum absolute atomic E-state index is 0.247. The Morgan fingerprint density at radius 1 is 1.33 bits per heavy atom. The summed E-state index contributed by atoms with van der Waals surface area (Å²) in [5, 5.41) is 0. The first kappa shape index (κ1) is 11.8. The molecule has 1 aliphatic carbocycles. The van der Waals surface area contributed by atoms with Crippen molar-refractivity contribution < 1.29 is 9.53 Å². The molecule has 0 saturated carbocycles. The summed E-state index contributed by atoms with van der Waals surface area (Å²) in [4.78, 5) is 14.3. The van der Waals surface area contributed by atoms with Crippen molar-refractivity contribution in [2.24, 2.45) is 0 Å². The van der Waals surface area contributed by atoms with E-state index in [0.29, 0.717) is 5.69 Å². The summed E-state index contributed by atoms with van der Waals surface area (Å²) in [6, 6.07) is 0. The van der Waals surface area contributed by atoms with Crippen molar-refractivity contribution in [3.8, 4) is 0 Å². The van der Waals surface area contributed by atoms with Gasteiger partial charge in [-0.3, -0.25) is 0 Å². The van der Waals surface area contributed by atoms with Crippen molar-refractivity contribution in [3.63, 3.8) is 0 Å². The molecule has 0 fully saturated rings. The van der Waals surface area contributed by atoms with Gasteiger partial charge in [0.05, 0.1) is 7.11 Å². The molecule has 1 aliphatic rings. The first-order valence-corrected chi connectivity index (χ1v) is 5.60. The molecule has 0 amide bonds. The Balaban J connectivity index is 0.000000531. The summed E-state index contributed by atoms with van der Waals surface area (Å²) in [6.07, 6.45) is 6.42. The van der Waals surface area contributed by atoms with Gasteiger partial charge in [-0.1, -0.05) is 13.8 Å². The van der Waals surface area contributed by atoms with Gasteiger partial charge in [-0.25, -0.2) is 4.79 Å². The van der Waals surface area contributed by atoms with Gasteiger partial charge in [0, 0.05) is 6.20 Å². The number of ether oxygens (including phenoxy) is 1. The van der Waals surface area contributed by atoms with Gasteiger partial charge in [0.25, 0.3) is 0 Å². The number of methoxy groups -OCH3 is 1. The van der Waals surface area contributed by atoms with E-state index in [1.807, 2.05) is 20.0 Å². The van der Waals surface area contributed by atoms with Gasteiger partial charge in [0.1, 0.15) is 5.69 Å². The van der Waals surface area contributed by atoms with E-state index in [4.69, 9.17) is 4.74 Å². The van der Waals surface area contributed by atoms with Crippen LogP contribution in [-0.4, -0.2) is 18.1 Å². The van der Waals surface area contributed by atoms with Crippen LogP contribution in [0.25, 0.3) is 0 Å². The second-order valence-electron chi connectivity index (χ2n) is 3.37. The Labute approximate surface area is 90.8 Å². The molecule has 1 aromatic heterocycles. The fourth-order valence-electron chi connectivity index (χ4n) is 1.90. The maximum atomic E-state index is 11.3. The normalized spacial score (nSPS) is 13.5. The van der Waals surface area contributed by atoms with Crippen molar-refractivity contribution in [2.45, 2.75) is 39.5 Å². The predicted octanol–water partition coefficient (Wildman–Crippen LogP) is 2.71. The monoisotopic (exact) mass is 209 g/mol. The van der Waals surface area contributed by atoms with E-state index >= 15 is 0 Å². The van der Waals surface area contributed by atoms with Crippen LogP contribution >= 0.6 is 0 Å². The topological polar surface area (TPSA) is 42.1 Å². The molecule has 0 aliphatic heterocycles. The van der Waals surface area contributed by atoms with E-state index in [2.05, 4.69) is 4.98 Å². The Kier molecular flexibility index (Phi) is 4.40. The highest BCUT2D eigenvalue weighted by molar-refractivity contribution is 5.89. The van der Waals surface area contributed by atoms with Crippen LogP contribution in [0.4, 0.5) is 0 Å². The molecule has 0 atom stereocenters. The van der Waals surface area contributed by atoms with Gasteiger partial charge >= 0.3 is 5.97 Å². The number of hydrogen-bond acceptors (Lipinski definition) is 2. The fraction of sp³-hybridized carbons (Fsp3) is 0.583. The molecule has 0 bridgehead atoms. The average molecular weight is 209 g/mol. The van der Waals surface area contributed by atoms with Gasteiger partial charge in [0.15, 0.2) is 0 Å². The summed E-state index contributed by atoms with van der Waals surface area (Å²) in [6.45, 7) is 4.00. The molecule has 15 heavy (non-hydrogen) atoms. The van der Waals surface area contributed by atoms with Crippen LogP contribution in [0.3, 0.4) is 0 Å². The van der Waals surface area contributed by atoms with Crippen LogP contribution in [0, 0.1) is 0 Å². The lowest BCUT2D eigenvalue weighted by atomic mass is 9.94. The van der Waals surface area contributed by atoms with E-state index in [1.54, 1.807) is 0 Å². The molecule has 1 heterocycles. The Bertz CT molecular complexity index is 328. The molecule has 0 aromatic carbocycles. The molecular weight excluding hydrogens is 190 g/mol. The Morgan fingerprint density at radius 2 is 2.00 bits per heavy atom. The Morgan fingerprint density at radius 3 is 2.67 bits per heavy atom. The highest BCUT2D eigenvalue weighted by Gasteiger charge is 2.19. The van der Waals surface area contributed by atoms with Crippen LogP contribution in [0.1, 0.15) is 48.3 Å². The zero-order valence-electron chi connectivity index (χ0n) is 9.72. The summed E-state index contributed by atoms with van der Waals surface area (Å²) in [5.41, 5.74) is 3.10. The lowest BCUT2D eigenvalue weighted by molar-refractivity contribution is 0.0593. The van der Waals surface area contributed by atoms with E-state index in [0.717, 1.165) is 18.4 Å².